The highest BCUT2D eigenvalue weighted by Crippen LogP contribution is 2.50. The lowest BCUT2D eigenvalue weighted by atomic mass is 10.0. The summed E-state index contributed by atoms with van der Waals surface area (Å²) in [6, 6.07) is 14.5. The molecule has 31 heavy (non-hydrogen) atoms. The van der Waals surface area contributed by atoms with Gasteiger partial charge in [0.15, 0.2) is 17.3 Å². The highest BCUT2D eigenvalue weighted by atomic mass is 35.5. The summed E-state index contributed by atoms with van der Waals surface area (Å²) < 4.78 is 24.6. The Morgan fingerprint density at radius 2 is 1.94 bits per heavy atom. The van der Waals surface area contributed by atoms with Crippen LogP contribution in [0, 0.1) is 17.7 Å². The van der Waals surface area contributed by atoms with E-state index in [1.54, 1.807) is 0 Å². The molecule has 158 valence electrons. The van der Waals surface area contributed by atoms with Gasteiger partial charge in [0.05, 0.1) is 10.7 Å². The van der Waals surface area contributed by atoms with Crippen LogP contribution < -0.4 is 20.1 Å². The van der Waals surface area contributed by atoms with Gasteiger partial charge >= 0.3 is 0 Å². The molecule has 0 spiro atoms. The van der Waals surface area contributed by atoms with Crippen molar-refractivity contribution in [1.29, 1.82) is 0 Å². The third-order valence-corrected chi connectivity index (χ3v) is 6.90. The first kappa shape index (κ1) is 18.8. The minimum atomic E-state index is -0.359. The smallest absolute Gasteiger partial charge is 0.231 e. The number of rotatable bonds is 4. The van der Waals surface area contributed by atoms with Crippen LogP contribution in [0.4, 0.5) is 10.2 Å². The van der Waals surface area contributed by atoms with Crippen molar-refractivity contribution in [3.63, 3.8) is 0 Å². The molecule has 1 aromatic heterocycles. The molecule has 2 aliphatic heterocycles. The number of nitrogens with zero attached hydrogens (tertiary/aromatic N) is 3. The van der Waals surface area contributed by atoms with Gasteiger partial charge in [-0.25, -0.2) is 4.39 Å². The van der Waals surface area contributed by atoms with E-state index in [4.69, 9.17) is 26.8 Å². The van der Waals surface area contributed by atoms with Crippen molar-refractivity contribution in [2.75, 3.05) is 18.2 Å². The van der Waals surface area contributed by atoms with Crippen LogP contribution in [0.1, 0.15) is 5.56 Å². The van der Waals surface area contributed by atoms with E-state index < -0.39 is 0 Å². The summed E-state index contributed by atoms with van der Waals surface area (Å²) >= 11 is 6.21. The standard InChI is InChI=1S/C23H20ClFN4O2/c24-16-3-2-13(25)9-14(16)17-4-6-21(28-27-17)29-10-15-22(23(15)26)18(29)7-12-1-5-19-20(8-12)31-11-30-19/h1-6,8-9,15,18,22-23H,7,10-11,26H2. The number of hydrogen-bond acceptors (Lipinski definition) is 6. The number of halogens is 2. The van der Waals surface area contributed by atoms with Crippen LogP contribution in [0.2, 0.25) is 5.02 Å². The van der Waals surface area contributed by atoms with Crippen LogP contribution in [-0.2, 0) is 6.42 Å². The van der Waals surface area contributed by atoms with Crippen molar-refractivity contribution >= 4 is 17.4 Å². The lowest BCUT2D eigenvalue weighted by molar-refractivity contribution is 0.174. The summed E-state index contributed by atoms with van der Waals surface area (Å²) in [5.41, 5.74) is 8.57. The van der Waals surface area contributed by atoms with Crippen molar-refractivity contribution < 1.29 is 13.9 Å². The summed E-state index contributed by atoms with van der Waals surface area (Å²) in [5, 5.41) is 9.22. The van der Waals surface area contributed by atoms with E-state index in [0.29, 0.717) is 28.1 Å². The van der Waals surface area contributed by atoms with Crippen LogP contribution in [0.3, 0.4) is 0 Å². The first-order valence-corrected chi connectivity index (χ1v) is 10.7. The van der Waals surface area contributed by atoms with Gasteiger partial charge in [-0.05, 0) is 60.4 Å². The van der Waals surface area contributed by atoms with E-state index in [9.17, 15) is 4.39 Å². The Labute approximate surface area is 183 Å². The van der Waals surface area contributed by atoms with E-state index in [1.165, 1.54) is 23.8 Å². The van der Waals surface area contributed by atoms with Crippen LogP contribution in [0.15, 0.2) is 48.5 Å². The zero-order valence-corrected chi connectivity index (χ0v) is 17.3. The lowest BCUT2D eigenvalue weighted by Gasteiger charge is -2.29. The topological polar surface area (TPSA) is 73.5 Å². The van der Waals surface area contributed by atoms with Gasteiger partial charge in [0, 0.05) is 30.1 Å². The van der Waals surface area contributed by atoms with Gasteiger partial charge in [-0.2, -0.15) is 0 Å². The number of piperidine rings is 1. The van der Waals surface area contributed by atoms with E-state index in [-0.39, 0.29) is 24.7 Å². The molecule has 6 rings (SSSR count). The first-order chi connectivity index (χ1) is 15.1. The molecule has 0 radical (unpaired) electrons. The van der Waals surface area contributed by atoms with Crippen LogP contribution >= 0.6 is 11.6 Å². The molecule has 3 heterocycles. The number of ether oxygens (including phenoxy) is 2. The Kier molecular flexibility index (Phi) is 4.30. The number of nitrogens with two attached hydrogens (primary N) is 1. The van der Waals surface area contributed by atoms with E-state index in [1.807, 2.05) is 24.3 Å². The number of benzene rings is 2. The van der Waals surface area contributed by atoms with E-state index >= 15 is 0 Å². The van der Waals surface area contributed by atoms with Gasteiger partial charge in [-0.15, -0.1) is 10.2 Å². The maximum atomic E-state index is 13.6. The summed E-state index contributed by atoms with van der Waals surface area (Å²) in [6.45, 7) is 1.12. The zero-order valence-electron chi connectivity index (χ0n) is 16.5. The van der Waals surface area contributed by atoms with Crippen molar-refractivity contribution in [3.05, 3.63) is 64.9 Å². The quantitative estimate of drug-likeness (QED) is 0.670. The molecule has 8 heteroatoms. The second kappa shape index (κ2) is 7.07. The molecule has 0 amide bonds. The van der Waals surface area contributed by atoms with Gasteiger partial charge in [0.1, 0.15) is 5.82 Å². The number of hydrogen-bond donors (Lipinski definition) is 1. The second-order valence-electron chi connectivity index (χ2n) is 8.33. The van der Waals surface area contributed by atoms with Gasteiger partial charge in [0.2, 0.25) is 6.79 Å². The maximum absolute atomic E-state index is 13.6. The van der Waals surface area contributed by atoms with Crippen molar-refractivity contribution in [2.24, 2.45) is 17.6 Å². The Morgan fingerprint density at radius 3 is 2.77 bits per heavy atom. The van der Waals surface area contributed by atoms with Gasteiger partial charge < -0.3 is 20.1 Å². The van der Waals surface area contributed by atoms with Crippen LogP contribution in [-0.4, -0.2) is 35.6 Å². The Hall–Kier alpha value is -2.90. The van der Waals surface area contributed by atoms with Crippen molar-refractivity contribution in [1.82, 2.24) is 10.2 Å². The zero-order chi connectivity index (χ0) is 21.1. The van der Waals surface area contributed by atoms with Crippen LogP contribution in [0.25, 0.3) is 11.3 Å². The number of aromatic nitrogens is 2. The van der Waals surface area contributed by atoms with Crippen molar-refractivity contribution in [2.45, 2.75) is 18.5 Å². The Bertz CT molecular complexity index is 1160. The van der Waals surface area contributed by atoms with Gasteiger partial charge in [-0.3, -0.25) is 0 Å². The molecule has 6 nitrogen and oxygen atoms in total. The molecule has 4 atom stereocenters. The normalized spacial score (nSPS) is 25.6. The minimum Gasteiger partial charge on any atom is -0.454 e. The SMILES string of the molecule is NC1C2CN(c3ccc(-c4cc(F)ccc4Cl)nn3)C(Cc3ccc4c(c3)OCO4)C12. The highest BCUT2D eigenvalue weighted by Gasteiger charge is 2.59. The average Bonchev–Trinajstić information content (AvgIpc) is 3.11. The molecule has 2 aromatic carbocycles. The molecular formula is C23H20ClFN4O2. The summed E-state index contributed by atoms with van der Waals surface area (Å²) in [4.78, 5) is 2.28. The fourth-order valence-electron chi connectivity index (χ4n) is 4.92. The largest absolute Gasteiger partial charge is 0.454 e. The summed E-state index contributed by atoms with van der Waals surface area (Å²) in [5.74, 6) is 2.91. The first-order valence-electron chi connectivity index (χ1n) is 10.3. The summed E-state index contributed by atoms with van der Waals surface area (Å²) in [7, 11) is 0. The molecule has 0 bridgehead atoms. The molecule has 3 aliphatic rings. The van der Waals surface area contributed by atoms with E-state index in [0.717, 1.165) is 30.3 Å². The lowest BCUT2D eigenvalue weighted by Crippen LogP contribution is -2.39. The maximum Gasteiger partial charge on any atom is 0.231 e. The predicted molar refractivity (Wildman–Crippen MR) is 115 cm³/mol. The molecule has 3 aromatic rings. The average molecular weight is 439 g/mol. The Balaban J connectivity index is 1.27. The second-order valence-corrected chi connectivity index (χ2v) is 8.74. The number of fused-ring (bicyclic) bond motifs is 2. The fourth-order valence-corrected chi connectivity index (χ4v) is 5.13. The summed E-state index contributed by atoms with van der Waals surface area (Å²) in [6.07, 6.45) is 0.838. The molecule has 1 aliphatic carbocycles. The van der Waals surface area contributed by atoms with Gasteiger partial charge in [-0.1, -0.05) is 17.7 Å². The highest BCUT2D eigenvalue weighted by molar-refractivity contribution is 6.33. The number of anilines is 1. The monoisotopic (exact) mass is 438 g/mol. The Morgan fingerprint density at radius 1 is 1.06 bits per heavy atom. The molecule has 1 saturated heterocycles. The third-order valence-electron chi connectivity index (χ3n) is 6.58. The predicted octanol–water partition coefficient (Wildman–Crippen LogP) is 3.67. The molecule has 2 fully saturated rings. The molecule has 4 unspecified atom stereocenters. The molecule has 1 saturated carbocycles. The van der Waals surface area contributed by atoms with E-state index in [2.05, 4.69) is 21.2 Å². The minimum absolute atomic E-state index is 0.230. The third kappa shape index (κ3) is 3.20. The van der Waals surface area contributed by atoms with Gasteiger partial charge in [0.25, 0.3) is 0 Å². The van der Waals surface area contributed by atoms with Crippen LogP contribution in [0.5, 0.6) is 11.5 Å². The molecule has 2 N–H and O–H groups in total. The fraction of sp³-hybridized carbons (Fsp3) is 0.304. The van der Waals surface area contributed by atoms with Crippen molar-refractivity contribution in [3.8, 4) is 22.8 Å². The molecular weight excluding hydrogens is 419 g/mol.